The Kier molecular flexibility index (Phi) is 5.86. The highest BCUT2D eigenvalue weighted by atomic mass is 16.5. The molecule has 0 spiro atoms. The Hall–Kier alpha value is -1.44. The van der Waals surface area contributed by atoms with E-state index in [-0.39, 0.29) is 0 Å². The van der Waals surface area contributed by atoms with Crippen LogP contribution < -0.4 is 5.32 Å². The first-order valence-corrected chi connectivity index (χ1v) is 8.98. The smallest absolute Gasteiger partial charge is 0.223 e. The highest BCUT2D eigenvalue weighted by Gasteiger charge is 2.21. The molecule has 7 nitrogen and oxygen atoms in total. The van der Waals surface area contributed by atoms with Gasteiger partial charge in [-0.15, -0.1) is 0 Å². The van der Waals surface area contributed by atoms with E-state index in [1.165, 1.54) is 5.56 Å². The fourth-order valence-electron chi connectivity index (χ4n) is 3.45. The van der Waals surface area contributed by atoms with Gasteiger partial charge in [-0.3, -0.25) is 9.69 Å². The van der Waals surface area contributed by atoms with Gasteiger partial charge in [0.2, 0.25) is 5.91 Å². The molecule has 2 fully saturated rings. The van der Waals surface area contributed by atoms with Crippen LogP contribution in [0.1, 0.15) is 23.4 Å². The molecule has 2 aliphatic rings. The van der Waals surface area contributed by atoms with Crippen LogP contribution in [-0.2, 0) is 11.3 Å². The lowest BCUT2D eigenvalue weighted by atomic mass is 10.1. The van der Waals surface area contributed by atoms with Crippen molar-refractivity contribution in [3.8, 4) is 0 Å². The van der Waals surface area contributed by atoms with Crippen molar-refractivity contribution < 1.29 is 9.32 Å². The summed E-state index contributed by atoms with van der Waals surface area (Å²) in [5.74, 6) is 1.23. The van der Waals surface area contributed by atoms with Crippen LogP contribution in [0.2, 0.25) is 0 Å². The summed E-state index contributed by atoms with van der Waals surface area (Å²) in [6, 6.07) is 0. The number of carbonyl (C=O) groups excluding carboxylic acids is 1. The zero-order valence-corrected chi connectivity index (χ0v) is 14.9. The minimum atomic E-state index is 0.301. The second-order valence-electron chi connectivity index (χ2n) is 6.80. The van der Waals surface area contributed by atoms with Gasteiger partial charge in [-0.25, -0.2) is 0 Å². The van der Waals surface area contributed by atoms with Crippen molar-refractivity contribution in [1.29, 1.82) is 0 Å². The van der Waals surface area contributed by atoms with Crippen LogP contribution in [0.25, 0.3) is 0 Å². The maximum Gasteiger partial charge on any atom is 0.223 e. The molecule has 1 aromatic heterocycles. The average molecular weight is 335 g/mol. The van der Waals surface area contributed by atoms with E-state index in [0.29, 0.717) is 12.3 Å². The summed E-state index contributed by atoms with van der Waals surface area (Å²) in [6.07, 6.45) is 0.643. The van der Waals surface area contributed by atoms with E-state index in [2.05, 4.69) is 20.3 Å². The Morgan fingerprint density at radius 2 is 1.75 bits per heavy atom. The molecule has 0 atom stereocenters. The molecule has 1 N–H and O–H groups in total. The van der Waals surface area contributed by atoms with Crippen molar-refractivity contribution in [1.82, 2.24) is 25.2 Å². The molecule has 0 bridgehead atoms. The number of carbonyl (C=O) groups is 1. The zero-order valence-electron chi connectivity index (χ0n) is 14.9. The average Bonchev–Trinajstić information content (AvgIpc) is 2.93. The third kappa shape index (κ3) is 4.34. The highest BCUT2D eigenvalue weighted by molar-refractivity contribution is 5.76. The van der Waals surface area contributed by atoms with Gasteiger partial charge in [-0.05, 0) is 13.8 Å². The first kappa shape index (κ1) is 17.4. The number of nitrogens with one attached hydrogen (secondary N) is 1. The summed E-state index contributed by atoms with van der Waals surface area (Å²) in [5, 5.41) is 7.32. The largest absolute Gasteiger partial charge is 0.361 e. The normalized spacial score (nSPS) is 20.5. The van der Waals surface area contributed by atoms with Crippen LogP contribution >= 0.6 is 0 Å². The lowest BCUT2D eigenvalue weighted by Gasteiger charge is -2.35. The van der Waals surface area contributed by atoms with Crippen LogP contribution in [0.5, 0.6) is 0 Å². The Labute approximate surface area is 143 Å². The summed E-state index contributed by atoms with van der Waals surface area (Å²) in [4.78, 5) is 19.1. The molecule has 2 aliphatic heterocycles. The molecule has 0 saturated carbocycles. The maximum atomic E-state index is 12.2. The summed E-state index contributed by atoms with van der Waals surface area (Å²) >= 11 is 0. The van der Waals surface area contributed by atoms with Gasteiger partial charge < -0.3 is 19.6 Å². The molecule has 7 heteroatoms. The molecule has 0 unspecified atom stereocenters. The van der Waals surface area contributed by atoms with E-state index >= 15 is 0 Å². The van der Waals surface area contributed by atoms with Crippen molar-refractivity contribution in [2.45, 2.75) is 26.8 Å². The third-order valence-electron chi connectivity index (χ3n) is 5.14. The monoisotopic (exact) mass is 335 g/mol. The van der Waals surface area contributed by atoms with Crippen molar-refractivity contribution in [2.24, 2.45) is 0 Å². The van der Waals surface area contributed by atoms with Gasteiger partial charge in [-0.2, -0.15) is 0 Å². The minimum absolute atomic E-state index is 0.301. The predicted molar refractivity (Wildman–Crippen MR) is 91.8 cm³/mol. The number of rotatable bonds is 5. The third-order valence-corrected chi connectivity index (χ3v) is 5.14. The highest BCUT2D eigenvalue weighted by Crippen LogP contribution is 2.16. The van der Waals surface area contributed by atoms with Gasteiger partial charge in [0.1, 0.15) is 5.76 Å². The first-order valence-electron chi connectivity index (χ1n) is 8.98. The van der Waals surface area contributed by atoms with Crippen molar-refractivity contribution in [3.05, 3.63) is 17.0 Å². The Bertz CT molecular complexity index is 526. The van der Waals surface area contributed by atoms with Gasteiger partial charge in [0.15, 0.2) is 0 Å². The van der Waals surface area contributed by atoms with E-state index in [0.717, 1.165) is 76.9 Å². The van der Waals surface area contributed by atoms with Crippen LogP contribution in [-0.4, -0.2) is 84.7 Å². The summed E-state index contributed by atoms with van der Waals surface area (Å²) in [6.45, 7) is 13.4. The molecule has 1 amide bonds. The molecular weight excluding hydrogens is 306 g/mol. The second kappa shape index (κ2) is 8.09. The quantitative estimate of drug-likeness (QED) is 0.831. The maximum absolute atomic E-state index is 12.2. The van der Waals surface area contributed by atoms with Crippen LogP contribution in [0.4, 0.5) is 0 Å². The van der Waals surface area contributed by atoms with E-state index in [9.17, 15) is 4.79 Å². The molecule has 134 valence electrons. The molecule has 3 heterocycles. The van der Waals surface area contributed by atoms with Crippen molar-refractivity contribution in [2.75, 3.05) is 58.9 Å². The number of nitrogens with zero attached hydrogens (tertiary/aromatic N) is 4. The van der Waals surface area contributed by atoms with E-state index < -0.39 is 0 Å². The number of aromatic nitrogens is 1. The summed E-state index contributed by atoms with van der Waals surface area (Å²) < 4.78 is 5.25. The first-order chi connectivity index (χ1) is 11.6. The summed E-state index contributed by atoms with van der Waals surface area (Å²) in [5.41, 5.74) is 2.22. The molecule has 1 aromatic rings. The van der Waals surface area contributed by atoms with Crippen LogP contribution in [0.15, 0.2) is 4.52 Å². The van der Waals surface area contributed by atoms with Gasteiger partial charge in [0.05, 0.1) is 5.69 Å². The predicted octanol–water partition coefficient (Wildman–Crippen LogP) is 0.231. The Morgan fingerprint density at radius 3 is 2.38 bits per heavy atom. The number of amides is 1. The topological polar surface area (TPSA) is 64.9 Å². The lowest BCUT2D eigenvalue weighted by Crippen LogP contribution is -2.49. The van der Waals surface area contributed by atoms with E-state index in [1.54, 1.807) is 0 Å². The lowest BCUT2D eigenvalue weighted by molar-refractivity contribution is -0.132. The molecule has 0 aliphatic carbocycles. The SMILES string of the molecule is Cc1noc(C)c1CN1CCN(CCC(=O)N2CCNCC2)CC1. The van der Waals surface area contributed by atoms with Gasteiger partial charge in [-0.1, -0.05) is 5.16 Å². The Balaban J connectivity index is 1.38. The Morgan fingerprint density at radius 1 is 1.08 bits per heavy atom. The van der Waals surface area contributed by atoms with Crippen molar-refractivity contribution >= 4 is 5.91 Å². The zero-order chi connectivity index (χ0) is 16.9. The number of aryl methyl sites for hydroxylation is 2. The fraction of sp³-hybridized carbons (Fsp3) is 0.765. The number of hydrogen-bond acceptors (Lipinski definition) is 6. The van der Waals surface area contributed by atoms with Crippen molar-refractivity contribution in [3.63, 3.8) is 0 Å². The molecule has 0 radical (unpaired) electrons. The van der Waals surface area contributed by atoms with Gasteiger partial charge >= 0.3 is 0 Å². The van der Waals surface area contributed by atoms with E-state index in [1.807, 2.05) is 18.7 Å². The van der Waals surface area contributed by atoms with Crippen LogP contribution in [0.3, 0.4) is 0 Å². The molecule has 24 heavy (non-hydrogen) atoms. The standard InChI is InChI=1S/C17H29N5O2/c1-14-16(15(2)24-19-14)13-21-11-9-20(10-12-21)6-3-17(23)22-7-4-18-5-8-22/h18H,3-13H2,1-2H3. The van der Waals surface area contributed by atoms with Crippen LogP contribution in [0, 0.1) is 13.8 Å². The number of piperazine rings is 2. The van der Waals surface area contributed by atoms with E-state index in [4.69, 9.17) is 4.52 Å². The molecule has 2 saturated heterocycles. The molecule has 3 rings (SSSR count). The number of hydrogen-bond donors (Lipinski definition) is 1. The second-order valence-corrected chi connectivity index (χ2v) is 6.80. The molecule has 0 aromatic carbocycles. The minimum Gasteiger partial charge on any atom is -0.361 e. The van der Waals surface area contributed by atoms with Gasteiger partial charge in [0.25, 0.3) is 0 Å². The summed E-state index contributed by atoms with van der Waals surface area (Å²) in [7, 11) is 0. The molecular formula is C17H29N5O2. The van der Waals surface area contributed by atoms with Gasteiger partial charge in [0, 0.05) is 77.4 Å². The fourth-order valence-corrected chi connectivity index (χ4v) is 3.45.